The van der Waals surface area contributed by atoms with E-state index in [4.69, 9.17) is 30.8 Å². The molecule has 0 bridgehead atoms. The summed E-state index contributed by atoms with van der Waals surface area (Å²) in [6.45, 7) is 6.28. The lowest BCUT2D eigenvalue weighted by molar-refractivity contribution is 0.0391. The van der Waals surface area contributed by atoms with Crippen molar-refractivity contribution >= 4 is 56.6 Å². The van der Waals surface area contributed by atoms with Crippen molar-refractivity contribution in [3.8, 4) is 11.5 Å². The molecule has 1 saturated heterocycles. The van der Waals surface area contributed by atoms with E-state index in [2.05, 4.69) is 4.90 Å². The van der Waals surface area contributed by atoms with Crippen LogP contribution in [0.2, 0.25) is 5.02 Å². The zero-order chi connectivity index (χ0) is 22.7. The van der Waals surface area contributed by atoms with Gasteiger partial charge in [-0.2, -0.15) is 0 Å². The lowest BCUT2D eigenvalue weighted by Gasteiger charge is -2.29. The highest BCUT2D eigenvalue weighted by Gasteiger charge is 2.27. The molecule has 33 heavy (non-hydrogen) atoms. The van der Waals surface area contributed by atoms with Gasteiger partial charge in [-0.15, -0.1) is 12.4 Å². The van der Waals surface area contributed by atoms with Crippen molar-refractivity contribution < 1.29 is 19.0 Å². The van der Waals surface area contributed by atoms with E-state index in [1.165, 1.54) is 18.4 Å². The summed E-state index contributed by atoms with van der Waals surface area (Å²) < 4.78 is 17.3. The van der Waals surface area contributed by atoms with Crippen LogP contribution in [-0.4, -0.2) is 69.4 Å². The maximum Gasteiger partial charge on any atom is 0.264 e. The number of thiazole rings is 1. The van der Waals surface area contributed by atoms with Gasteiger partial charge in [0, 0.05) is 26.2 Å². The Kier molecular flexibility index (Phi) is 8.78. The number of carbonyl (C=O) groups is 1. The van der Waals surface area contributed by atoms with Crippen LogP contribution < -0.4 is 14.4 Å². The highest BCUT2D eigenvalue weighted by molar-refractivity contribution is 7.23. The first kappa shape index (κ1) is 25.5. The van der Waals surface area contributed by atoms with Gasteiger partial charge in [0.15, 0.2) is 16.6 Å². The quantitative estimate of drug-likeness (QED) is 0.458. The summed E-state index contributed by atoms with van der Waals surface area (Å²) in [5.74, 6) is 0.725. The molecule has 1 aliphatic rings. The average Bonchev–Trinajstić information content (AvgIpc) is 3.28. The fraction of sp³-hybridized carbons (Fsp3) is 0.391. The summed E-state index contributed by atoms with van der Waals surface area (Å²) >= 11 is 7.86. The number of rotatable bonds is 7. The third-order valence-electron chi connectivity index (χ3n) is 5.54. The molecule has 0 spiro atoms. The van der Waals surface area contributed by atoms with Crippen LogP contribution in [0.25, 0.3) is 10.2 Å². The third kappa shape index (κ3) is 5.36. The standard InChI is InChI=1S/C23H26ClN3O4S.ClH/c1-15-7-8-17(24)21-19(15)25-23(32-21)27(10-9-26-11-13-31-14-12-26)22(28)16-5-4-6-18(29-2)20(16)30-3;/h4-8H,9-14H2,1-3H3;1H. The first-order valence-electron chi connectivity index (χ1n) is 10.4. The average molecular weight is 512 g/mol. The molecule has 1 aromatic heterocycles. The Bertz CT molecular complexity index is 1080. The van der Waals surface area contributed by atoms with Gasteiger partial charge in [0.2, 0.25) is 0 Å². The molecule has 1 amide bonds. The highest BCUT2D eigenvalue weighted by atomic mass is 35.5. The second kappa shape index (κ2) is 11.4. The molecule has 4 rings (SSSR count). The normalized spacial score (nSPS) is 14.1. The van der Waals surface area contributed by atoms with E-state index in [9.17, 15) is 4.79 Å². The SMILES string of the molecule is COc1cccc(C(=O)N(CCN2CCOCC2)c2nc3c(C)ccc(Cl)c3s2)c1OC.Cl. The zero-order valence-electron chi connectivity index (χ0n) is 18.8. The number of anilines is 1. The number of amides is 1. The number of methoxy groups -OCH3 is 2. The minimum atomic E-state index is -0.193. The molecule has 0 unspecified atom stereocenters. The van der Waals surface area contributed by atoms with Gasteiger partial charge < -0.3 is 14.2 Å². The Morgan fingerprint density at radius 2 is 1.97 bits per heavy atom. The Hall–Kier alpha value is -2.10. The summed E-state index contributed by atoms with van der Waals surface area (Å²) in [6.07, 6.45) is 0. The summed E-state index contributed by atoms with van der Waals surface area (Å²) in [6, 6.07) is 9.12. The fourth-order valence-electron chi connectivity index (χ4n) is 3.76. The number of fused-ring (bicyclic) bond motifs is 1. The van der Waals surface area contributed by atoms with Gasteiger partial charge in [0.1, 0.15) is 0 Å². The van der Waals surface area contributed by atoms with E-state index in [1.54, 1.807) is 30.2 Å². The Morgan fingerprint density at radius 3 is 2.64 bits per heavy atom. The van der Waals surface area contributed by atoms with E-state index < -0.39 is 0 Å². The Labute approximate surface area is 208 Å². The van der Waals surface area contributed by atoms with E-state index in [1.807, 2.05) is 19.1 Å². The first-order valence-corrected chi connectivity index (χ1v) is 11.6. The van der Waals surface area contributed by atoms with Gasteiger partial charge in [0.05, 0.1) is 48.2 Å². The smallest absolute Gasteiger partial charge is 0.264 e. The van der Waals surface area contributed by atoms with Crippen LogP contribution in [0.4, 0.5) is 5.13 Å². The van der Waals surface area contributed by atoms with Crippen LogP contribution in [0.15, 0.2) is 30.3 Å². The van der Waals surface area contributed by atoms with E-state index in [-0.39, 0.29) is 18.3 Å². The van der Waals surface area contributed by atoms with Crippen molar-refractivity contribution in [1.82, 2.24) is 9.88 Å². The zero-order valence-corrected chi connectivity index (χ0v) is 21.2. The van der Waals surface area contributed by atoms with Crippen LogP contribution in [0.3, 0.4) is 0 Å². The van der Waals surface area contributed by atoms with Crippen molar-refractivity contribution in [3.63, 3.8) is 0 Å². The molecule has 178 valence electrons. The Balaban J connectivity index is 0.00000306. The van der Waals surface area contributed by atoms with Gasteiger partial charge >= 0.3 is 0 Å². The maximum atomic E-state index is 13.8. The molecule has 2 aromatic carbocycles. The molecule has 0 atom stereocenters. The number of carbonyl (C=O) groups excluding carboxylic acids is 1. The van der Waals surface area contributed by atoms with Gasteiger partial charge in [-0.25, -0.2) is 4.98 Å². The number of hydrogen-bond donors (Lipinski definition) is 0. The molecule has 1 fully saturated rings. The number of hydrogen-bond acceptors (Lipinski definition) is 7. The molecule has 0 N–H and O–H groups in total. The van der Waals surface area contributed by atoms with Crippen molar-refractivity contribution in [2.45, 2.75) is 6.92 Å². The fourth-order valence-corrected chi connectivity index (χ4v) is 5.10. The molecule has 10 heteroatoms. The maximum absolute atomic E-state index is 13.8. The van der Waals surface area contributed by atoms with Crippen LogP contribution in [0.5, 0.6) is 11.5 Å². The summed E-state index contributed by atoms with van der Waals surface area (Å²) in [7, 11) is 3.09. The number of aryl methyl sites for hydroxylation is 1. The van der Waals surface area contributed by atoms with E-state index >= 15 is 0 Å². The van der Waals surface area contributed by atoms with Crippen molar-refractivity contribution in [3.05, 3.63) is 46.5 Å². The monoisotopic (exact) mass is 511 g/mol. The summed E-state index contributed by atoms with van der Waals surface area (Å²) in [4.78, 5) is 22.6. The van der Waals surface area contributed by atoms with Gasteiger partial charge in [-0.3, -0.25) is 14.6 Å². The Morgan fingerprint density at radius 1 is 1.21 bits per heavy atom. The molecular weight excluding hydrogens is 485 g/mol. The second-order valence-corrected chi connectivity index (χ2v) is 8.88. The summed E-state index contributed by atoms with van der Waals surface area (Å²) in [5.41, 5.74) is 2.27. The van der Waals surface area contributed by atoms with Crippen molar-refractivity contribution in [1.29, 1.82) is 0 Å². The highest BCUT2D eigenvalue weighted by Crippen LogP contribution is 2.37. The van der Waals surface area contributed by atoms with E-state index in [0.717, 1.165) is 28.9 Å². The number of benzene rings is 2. The summed E-state index contributed by atoms with van der Waals surface area (Å²) in [5, 5.41) is 1.24. The number of halogens is 2. The minimum absolute atomic E-state index is 0. The second-order valence-electron chi connectivity index (χ2n) is 7.49. The molecule has 0 saturated carbocycles. The minimum Gasteiger partial charge on any atom is -0.493 e. The molecule has 7 nitrogen and oxygen atoms in total. The van der Waals surface area contributed by atoms with Gasteiger partial charge in [0.25, 0.3) is 5.91 Å². The lowest BCUT2D eigenvalue weighted by atomic mass is 10.1. The van der Waals surface area contributed by atoms with E-state index in [0.29, 0.717) is 53.5 Å². The number of ether oxygens (including phenoxy) is 3. The van der Waals surface area contributed by atoms with Crippen molar-refractivity contribution in [2.75, 3.05) is 58.5 Å². The lowest BCUT2D eigenvalue weighted by Crippen LogP contribution is -2.43. The van der Waals surface area contributed by atoms with Crippen LogP contribution in [-0.2, 0) is 4.74 Å². The largest absolute Gasteiger partial charge is 0.493 e. The van der Waals surface area contributed by atoms with Crippen LogP contribution >= 0.6 is 35.3 Å². The molecular formula is C23H27Cl2N3O4S. The predicted molar refractivity (Wildman–Crippen MR) is 135 cm³/mol. The van der Waals surface area contributed by atoms with Crippen LogP contribution in [0.1, 0.15) is 15.9 Å². The number of morpholine rings is 1. The van der Waals surface area contributed by atoms with Gasteiger partial charge in [-0.05, 0) is 30.7 Å². The molecule has 0 radical (unpaired) electrons. The van der Waals surface area contributed by atoms with Crippen molar-refractivity contribution in [2.24, 2.45) is 0 Å². The number of nitrogens with zero attached hydrogens (tertiary/aromatic N) is 3. The van der Waals surface area contributed by atoms with Gasteiger partial charge in [-0.1, -0.05) is 35.1 Å². The number of aromatic nitrogens is 1. The predicted octanol–water partition coefficient (Wildman–Crippen LogP) is 4.68. The molecule has 3 aromatic rings. The third-order valence-corrected chi connectivity index (χ3v) is 7.08. The topological polar surface area (TPSA) is 64.1 Å². The molecule has 1 aliphatic heterocycles. The number of para-hydroxylation sites is 1. The molecule has 2 heterocycles. The first-order chi connectivity index (χ1) is 15.5. The van der Waals surface area contributed by atoms with Crippen LogP contribution in [0, 0.1) is 6.92 Å². The molecule has 0 aliphatic carbocycles.